The lowest BCUT2D eigenvalue weighted by atomic mass is 9.98. The molecular formula is C14H20N2OS. The third kappa shape index (κ3) is 2.82. The molecule has 4 heteroatoms. The molecule has 98 valence electrons. The fraction of sp³-hybridized carbons (Fsp3) is 0.500. The van der Waals surface area contributed by atoms with Gasteiger partial charge in [-0.2, -0.15) is 5.10 Å². The van der Waals surface area contributed by atoms with Gasteiger partial charge in [-0.05, 0) is 37.8 Å². The monoisotopic (exact) mass is 264 g/mol. The topological polar surface area (TPSA) is 38.0 Å². The summed E-state index contributed by atoms with van der Waals surface area (Å²) in [6, 6.07) is 6.34. The molecule has 0 bridgehead atoms. The van der Waals surface area contributed by atoms with Crippen molar-refractivity contribution in [1.29, 1.82) is 0 Å². The van der Waals surface area contributed by atoms with E-state index in [9.17, 15) is 5.11 Å². The molecule has 2 aromatic heterocycles. The highest BCUT2D eigenvalue weighted by Gasteiger charge is 2.25. The van der Waals surface area contributed by atoms with Crippen LogP contribution < -0.4 is 0 Å². The number of thiophene rings is 1. The fourth-order valence-electron chi connectivity index (χ4n) is 1.93. The second kappa shape index (κ2) is 5.24. The molecule has 0 saturated heterocycles. The average molecular weight is 264 g/mol. The van der Waals surface area contributed by atoms with Gasteiger partial charge in [-0.1, -0.05) is 13.0 Å². The van der Waals surface area contributed by atoms with Crippen LogP contribution in [0, 0.1) is 0 Å². The third-order valence-corrected chi connectivity index (χ3v) is 4.41. The summed E-state index contributed by atoms with van der Waals surface area (Å²) in [5.74, 6) is 0. The first-order valence-electron chi connectivity index (χ1n) is 6.33. The number of rotatable bonds is 5. The molecule has 0 aliphatic carbocycles. The Kier molecular flexibility index (Phi) is 3.88. The molecular weight excluding hydrogens is 244 g/mol. The molecule has 3 nitrogen and oxygen atoms in total. The Labute approximate surface area is 112 Å². The van der Waals surface area contributed by atoms with Crippen molar-refractivity contribution in [2.75, 3.05) is 0 Å². The highest BCUT2D eigenvalue weighted by atomic mass is 32.1. The van der Waals surface area contributed by atoms with Gasteiger partial charge in [-0.15, -0.1) is 11.3 Å². The Morgan fingerprint density at radius 1 is 1.50 bits per heavy atom. The molecule has 0 saturated carbocycles. The van der Waals surface area contributed by atoms with Gasteiger partial charge in [-0.3, -0.25) is 4.68 Å². The molecule has 0 amide bonds. The lowest BCUT2D eigenvalue weighted by Crippen LogP contribution is -2.23. The molecule has 2 atom stereocenters. The Balaban J connectivity index is 2.12. The van der Waals surface area contributed by atoms with E-state index in [1.165, 1.54) is 0 Å². The van der Waals surface area contributed by atoms with Gasteiger partial charge in [0, 0.05) is 23.5 Å². The van der Waals surface area contributed by atoms with Gasteiger partial charge in [0.2, 0.25) is 0 Å². The molecule has 0 spiro atoms. The van der Waals surface area contributed by atoms with Gasteiger partial charge in [0.25, 0.3) is 0 Å². The Morgan fingerprint density at radius 3 is 2.89 bits per heavy atom. The smallest absolute Gasteiger partial charge is 0.102 e. The van der Waals surface area contributed by atoms with Crippen LogP contribution in [0.3, 0.4) is 0 Å². The third-order valence-electron chi connectivity index (χ3n) is 3.28. The van der Waals surface area contributed by atoms with Crippen molar-refractivity contribution < 1.29 is 5.11 Å². The first-order chi connectivity index (χ1) is 8.53. The van der Waals surface area contributed by atoms with E-state index in [4.69, 9.17) is 0 Å². The number of nitrogens with zero attached hydrogens (tertiary/aromatic N) is 2. The number of aromatic nitrogens is 2. The zero-order chi connectivity index (χ0) is 13.2. The van der Waals surface area contributed by atoms with Gasteiger partial charge in [0.05, 0.1) is 5.69 Å². The van der Waals surface area contributed by atoms with Crippen molar-refractivity contribution in [3.8, 4) is 0 Å². The zero-order valence-corrected chi connectivity index (χ0v) is 11.9. The van der Waals surface area contributed by atoms with Gasteiger partial charge in [0.15, 0.2) is 0 Å². The second-order valence-corrected chi connectivity index (χ2v) is 5.92. The minimum absolute atomic E-state index is 0.408. The van der Waals surface area contributed by atoms with E-state index in [0.29, 0.717) is 12.5 Å². The van der Waals surface area contributed by atoms with Crippen LogP contribution in [0.15, 0.2) is 29.8 Å². The maximum atomic E-state index is 10.5. The van der Waals surface area contributed by atoms with E-state index in [-0.39, 0.29) is 0 Å². The first kappa shape index (κ1) is 13.3. The maximum Gasteiger partial charge on any atom is 0.102 e. The molecule has 0 radical (unpaired) electrons. The summed E-state index contributed by atoms with van der Waals surface area (Å²) < 4.78 is 1.97. The van der Waals surface area contributed by atoms with Crippen molar-refractivity contribution in [2.24, 2.45) is 0 Å². The van der Waals surface area contributed by atoms with Crippen molar-refractivity contribution in [1.82, 2.24) is 9.78 Å². The van der Waals surface area contributed by atoms with Gasteiger partial charge in [0.1, 0.15) is 5.60 Å². The van der Waals surface area contributed by atoms with Crippen molar-refractivity contribution in [3.63, 3.8) is 0 Å². The van der Waals surface area contributed by atoms with Crippen LogP contribution in [-0.4, -0.2) is 14.9 Å². The quantitative estimate of drug-likeness (QED) is 0.899. The average Bonchev–Trinajstić information content (AvgIpc) is 2.97. The molecule has 2 rings (SSSR count). The summed E-state index contributed by atoms with van der Waals surface area (Å²) in [6.45, 7) is 6.14. The van der Waals surface area contributed by atoms with Crippen LogP contribution in [0.1, 0.15) is 43.8 Å². The van der Waals surface area contributed by atoms with Gasteiger partial charge >= 0.3 is 0 Å². The van der Waals surface area contributed by atoms with Crippen molar-refractivity contribution >= 4 is 11.3 Å². The van der Waals surface area contributed by atoms with E-state index in [0.717, 1.165) is 17.0 Å². The molecule has 2 heterocycles. The maximum absolute atomic E-state index is 10.5. The van der Waals surface area contributed by atoms with Crippen LogP contribution >= 0.6 is 11.3 Å². The van der Waals surface area contributed by atoms with E-state index in [2.05, 4.69) is 18.9 Å². The summed E-state index contributed by atoms with van der Waals surface area (Å²) in [5, 5.41) is 17.0. The van der Waals surface area contributed by atoms with Gasteiger partial charge in [-0.25, -0.2) is 0 Å². The van der Waals surface area contributed by atoms with E-state index in [1.54, 1.807) is 11.3 Å². The lowest BCUT2D eigenvalue weighted by Gasteiger charge is -2.20. The molecule has 2 aromatic rings. The normalized spacial score (nSPS) is 16.4. The van der Waals surface area contributed by atoms with Crippen LogP contribution in [0.2, 0.25) is 0 Å². The summed E-state index contributed by atoms with van der Waals surface area (Å²) in [6.07, 6.45) is 3.60. The summed E-state index contributed by atoms with van der Waals surface area (Å²) in [5.41, 5.74) is 0.108. The molecule has 0 aliphatic rings. The first-order valence-corrected chi connectivity index (χ1v) is 7.21. The lowest BCUT2D eigenvalue weighted by molar-refractivity contribution is 0.0602. The fourth-order valence-corrected chi connectivity index (χ4v) is 2.72. The summed E-state index contributed by atoms with van der Waals surface area (Å²) >= 11 is 1.58. The zero-order valence-electron chi connectivity index (χ0n) is 11.1. The molecule has 18 heavy (non-hydrogen) atoms. The second-order valence-electron chi connectivity index (χ2n) is 4.97. The number of hydrogen-bond acceptors (Lipinski definition) is 3. The Bertz CT molecular complexity index is 488. The van der Waals surface area contributed by atoms with Crippen molar-refractivity contribution in [3.05, 3.63) is 40.3 Å². The number of hydrogen-bond donors (Lipinski definition) is 1. The Hall–Kier alpha value is -1.13. The highest BCUT2D eigenvalue weighted by molar-refractivity contribution is 7.10. The van der Waals surface area contributed by atoms with Crippen LogP contribution in [-0.2, 0) is 12.0 Å². The van der Waals surface area contributed by atoms with E-state index in [1.807, 2.05) is 41.4 Å². The van der Waals surface area contributed by atoms with E-state index >= 15 is 0 Å². The minimum atomic E-state index is -0.831. The van der Waals surface area contributed by atoms with Crippen LogP contribution in [0.4, 0.5) is 0 Å². The van der Waals surface area contributed by atoms with E-state index < -0.39 is 5.60 Å². The molecule has 2 unspecified atom stereocenters. The highest BCUT2D eigenvalue weighted by Crippen LogP contribution is 2.28. The molecule has 0 aliphatic heterocycles. The van der Waals surface area contributed by atoms with Crippen LogP contribution in [0.5, 0.6) is 0 Å². The SMILES string of the molecule is CCC(C)n1ccc(CC(C)(O)c2cccs2)n1. The number of aliphatic hydroxyl groups is 1. The van der Waals surface area contributed by atoms with Crippen LogP contribution in [0.25, 0.3) is 0 Å². The predicted molar refractivity (Wildman–Crippen MR) is 74.8 cm³/mol. The predicted octanol–water partition coefficient (Wildman–Crippen LogP) is 3.37. The molecule has 0 fully saturated rings. The minimum Gasteiger partial charge on any atom is -0.384 e. The van der Waals surface area contributed by atoms with Gasteiger partial charge < -0.3 is 5.11 Å². The Morgan fingerprint density at radius 2 is 2.28 bits per heavy atom. The molecule has 1 N–H and O–H groups in total. The van der Waals surface area contributed by atoms with Crippen molar-refractivity contribution in [2.45, 2.75) is 45.3 Å². The molecule has 0 aromatic carbocycles. The summed E-state index contributed by atoms with van der Waals surface area (Å²) in [4.78, 5) is 0.987. The summed E-state index contributed by atoms with van der Waals surface area (Å²) in [7, 11) is 0. The standard InChI is InChI=1S/C14H20N2OS/c1-4-11(2)16-8-7-12(15-16)10-14(3,17)13-6-5-9-18-13/h5-9,11,17H,4,10H2,1-3H3. The largest absolute Gasteiger partial charge is 0.384 e.